The van der Waals surface area contributed by atoms with Crippen LogP contribution in [0.25, 0.3) is 16.6 Å². The zero-order valence-corrected chi connectivity index (χ0v) is 20.1. The van der Waals surface area contributed by atoms with E-state index in [2.05, 4.69) is 4.98 Å². The van der Waals surface area contributed by atoms with E-state index in [1.807, 2.05) is 0 Å². The van der Waals surface area contributed by atoms with E-state index >= 15 is 0 Å². The van der Waals surface area contributed by atoms with Crippen LogP contribution in [0.2, 0.25) is 0 Å². The minimum atomic E-state index is -3.13. The normalized spacial score (nSPS) is 18.4. The Labute approximate surface area is 195 Å². The number of aryl methyl sites for hydroxylation is 1. The zero-order valence-electron chi connectivity index (χ0n) is 18.5. The minimum Gasteiger partial charge on any atom is -0.341 e. The van der Waals surface area contributed by atoms with E-state index in [0.29, 0.717) is 28.6 Å². The van der Waals surface area contributed by atoms with Gasteiger partial charge in [-0.15, -0.1) is 0 Å². The summed E-state index contributed by atoms with van der Waals surface area (Å²) < 4.78 is 39.3. The van der Waals surface area contributed by atoms with Crippen molar-refractivity contribution in [3.05, 3.63) is 64.2 Å². The molecule has 1 aliphatic rings. The molecule has 174 valence electrons. The molecule has 0 aliphatic carbocycles. The summed E-state index contributed by atoms with van der Waals surface area (Å²) in [6, 6.07) is 11.0. The number of amides is 1. The number of nitrogens with zero attached hydrogens (tertiary/aromatic N) is 3. The van der Waals surface area contributed by atoms with Gasteiger partial charge in [-0.1, -0.05) is 30.0 Å². The van der Waals surface area contributed by atoms with E-state index in [4.69, 9.17) is 0 Å². The number of fused-ring (bicyclic) bond motifs is 1. The van der Waals surface area contributed by atoms with Crippen molar-refractivity contribution < 1.29 is 17.6 Å². The van der Waals surface area contributed by atoms with Gasteiger partial charge in [0.1, 0.15) is 5.82 Å². The maximum atomic E-state index is 14.3. The molecule has 3 aromatic rings. The second-order valence-electron chi connectivity index (χ2n) is 8.25. The van der Waals surface area contributed by atoms with Gasteiger partial charge in [0.15, 0.2) is 15.0 Å². The van der Waals surface area contributed by atoms with E-state index in [-0.39, 0.29) is 34.2 Å². The Morgan fingerprint density at radius 3 is 2.67 bits per heavy atom. The van der Waals surface area contributed by atoms with Gasteiger partial charge in [-0.05, 0) is 50.1 Å². The topological polar surface area (TPSA) is 89.3 Å². The highest BCUT2D eigenvalue weighted by Gasteiger charge is 2.34. The number of carbonyl (C=O) groups excluding carboxylic acids is 1. The molecule has 0 N–H and O–H groups in total. The number of para-hydroxylation sites is 1. The van der Waals surface area contributed by atoms with Crippen LogP contribution in [-0.4, -0.2) is 58.6 Å². The molecule has 4 rings (SSSR count). The molecule has 0 saturated carbocycles. The summed E-state index contributed by atoms with van der Waals surface area (Å²) in [5.74, 6) is -0.684. The number of aromatic nitrogens is 2. The fourth-order valence-corrected chi connectivity index (χ4v) is 6.70. The average Bonchev–Trinajstić information content (AvgIpc) is 3.14. The van der Waals surface area contributed by atoms with E-state index < -0.39 is 20.9 Å². The van der Waals surface area contributed by atoms with E-state index in [1.54, 1.807) is 57.3 Å². The lowest BCUT2D eigenvalue weighted by atomic mass is 10.2. The Hall–Kier alpha value is -2.72. The molecule has 0 unspecified atom stereocenters. The molecule has 1 aliphatic heterocycles. The van der Waals surface area contributed by atoms with Crippen LogP contribution in [-0.2, 0) is 14.6 Å². The van der Waals surface area contributed by atoms with Gasteiger partial charge in [0.05, 0.1) is 33.3 Å². The smallest absolute Gasteiger partial charge is 0.266 e. The monoisotopic (exact) mass is 489 g/mol. The number of hydrogen-bond acceptors (Lipinski definition) is 6. The second-order valence-corrected chi connectivity index (χ2v) is 11.8. The minimum absolute atomic E-state index is 0.0474. The summed E-state index contributed by atoms with van der Waals surface area (Å²) in [7, 11) is -1.53. The summed E-state index contributed by atoms with van der Waals surface area (Å²) in [5.41, 5.74) is 0.884. The van der Waals surface area contributed by atoms with Gasteiger partial charge in [-0.25, -0.2) is 17.8 Å². The maximum absolute atomic E-state index is 14.3. The molecular weight excluding hydrogens is 465 g/mol. The predicted molar refractivity (Wildman–Crippen MR) is 127 cm³/mol. The molecule has 0 radical (unpaired) electrons. The fraction of sp³-hybridized carbons (Fsp3) is 0.348. The molecule has 7 nitrogen and oxygen atoms in total. The molecular formula is C23H24FN3O4S2. The highest BCUT2D eigenvalue weighted by Crippen LogP contribution is 2.28. The van der Waals surface area contributed by atoms with Gasteiger partial charge in [-0.3, -0.25) is 14.2 Å². The standard InChI is InChI=1S/C23H24FN3O4S2/c1-14-8-9-16(12-19(14)24)27-22(29)18-6-4-5-7-20(18)25-23(27)32-15(2)21(28)26(3)17-10-11-33(30,31)13-17/h4-9,12,15,17H,10-11,13H2,1-3H3/t15-,17+/m0/s1. The predicted octanol–water partition coefficient (Wildman–Crippen LogP) is 2.96. The first kappa shape index (κ1) is 23.4. The number of halogens is 1. The Kier molecular flexibility index (Phi) is 6.32. The van der Waals surface area contributed by atoms with Gasteiger partial charge in [0.2, 0.25) is 5.91 Å². The molecule has 2 heterocycles. The van der Waals surface area contributed by atoms with Crippen molar-refractivity contribution in [2.75, 3.05) is 18.6 Å². The Balaban J connectivity index is 1.72. The van der Waals surface area contributed by atoms with Crippen molar-refractivity contribution >= 4 is 38.4 Å². The number of carbonyl (C=O) groups is 1. The molecule has 1 amide bonds. The van der Waals surface area contributed by atoms with E-state index in [0.717, 1.165) is 11.8 Å². The van der Waals surface area contributed by atoms with Crippen molar-refractivity contribution in [2.24, 2.45) is 0 Å². The summed E-state index contributed by atoms with van der Waals surface area (Å²) >= 11 is 1.09. The van der Waals surface area contributed by atoms with Gasteiger partial charge >= 0.3 is 0 Å². The Morgan fingerprint density at radius 1 is 1.27 bits per heavy atom. The van der Waals surface area contributed by atoms with E-state index in [9.17, 15) is 22.4 Å². The summed E-state index contributed by atoms with van der Waals surface area (Å²) in [6.45, 7) is 3.32. The molecule has 0 bridgehead atoms. The van der Waals surface area contributed by atoms with Crippen molar-refractivity contribution in [2.45, 2.75) is 36.7 Å². The third kappa shape index (κ3) is 4.67. The van der Waals surface area contributed by atoms with E-state index in [1.165, 1.54) is 15.5 Å². The van der Waals surface area contributed by atoms with Gasteiger partial charge < -0.3 is 4.90 Å². The summed E-state index contributed by atoms with van der Waals surface area (Å²) in [5, 5.41) is -0.00162. The van der Waals surface area contributed by atoms with Gasteiger partial charge in [0, 0.05) is 13.1 Å². The summed E-state index contributed by atoms with van der Waals surface area (Å²) in [6.07, 6.45) is 0.406. The van der Waals surface area contributed by atoms with Crippen LogP contribution < -0.4 is 5.56 Å². The molecule has 10 heteroatoms. The number of hydrogen-bond donors (Lipinski definition) is 0. The summed E-state index contributed by atoms with van der Waals surface area (Å²) in [4.78, 5) is 32.5. The van der Waals surface area contributed by atoms with Crippen LogP contribution in [0.5, 0.6) is 0 Å². The van der Waals surface area contributed by atoms with Gasteiger partial charge in [0.25, 0.3) is 5.56 Å². The Bertz CT molecular complexity index is 1400. The molecule has 1 aromatic heterocycles. The first-order valence-corrected chi connectivity index (χ1v) is 13.2. The van der Waals surface area contributed by atoms with Gasteiger partial charge in [-0.2, -0.15) is 0 Å². The SMILES string of the molecule is Cc1ccc(-n2c(S[C@@H](C)C(=O)N(C)[C@@H]3CCS(=O)(=O)C3)nc3ccccc3c2=O)cc1F. The third-order valence-electron chi connectivity index (χ3n) is 5.89. The van der Waals surface area contributed by atoms with Crippen LogP contribution in [0.3, 0.4) is 0 Å². The number of thioether (sulfide) groups is 1. The first-order valence-electron chi connectivity index (χ1n) is 10.5. The quantitative estimate of drug-likeness (QED) is 0.404. The van der Waals surface area contributed by atoms with Crippen molar-refractivity contribution in [1.29, 1.82) is 0 Å². The molecule has 0 spiro atoms. The number of benzene rings is 2. The fourth-order valence-electron chi connectivity index (χ4n) is 3.90. The van der Waals surface area contributed by atoms with Crippen LogP contribution in [0, 0.1) is 12.7 Å². The molecule has 2 atom stereocenters. The number of sulfone groups is 1. The first-order chi connectivity index (χ1) is 15.6. The lowest BCUT2D eigenvalue weighted by Gasteiger charge is -2.26. The van der Waals surface area contributed by atoms with Crippen LogP contribution in [0.4, 0.5) is 4.39 Å². The molecule has 2 aromatic carbocycles. The third-order valence-corrected chi connectivity index (χ3v) is 8.68. The molecule has 33 heavy (non-hydrogen) atoms. The average molecular weight is 490 g/mol. The van der Waals surface area contributed by atoms with Crippen LogP contribution in [0.15, 0.2) is 52.4 Å². The van der Waals surface area contributed by atoms with Crippen molar-refractivity contribution in [3.8, 4) is 5.69 Å². The highest BCUT2D eigenvalue weighted by atomic mass is 32.2. The van der Waals surface area contributed by atoms with Crippen LogP contribution >= 0.6 is 11.8 Å². The zero-order chi connectivity index (χ0) is 23.9. The Morgan fingerprint density at radius 2 is 2.00 bits per heavy atom. The molecule has 1 saturated heterocycles. The highest BCUT2D eigenvalue weighted by molar-refractivity contribution is 8.00. The maximum Gasteiger partial charge on any atom is 0.266 e. The largest absolute Gasteiger partial charge is 0.341 e. The second kappa shape index (κ2) is 8.90. The van der Waals surface area contributed by atoms with Crippen molar-refractivity contribution in [3.63, 3.8) is 0 Å². The molecule has 1 fully saturated rings. The number of rotatable bonds is 5. The van der Waals surface area contributed by atoms with Crippen molar-refractivity contribution in [1.82, 2.24) is 14.5 Å². The lowest BCUT2D eigenvalue weighted by molar-refractivity contribution is -0.130. The lowest BCUT2D eigenvalue weighted by Crippen LogP contribution is -2.42. The van der Waals surface area contributed by atoms with Crippen LogP contribution in [0.1, 0.15) is 18.9 Å².